The predicted molar refractivity (Wildman–Crippen MR) is 119 cm³/mol. The van der Waals surface area contributed by atoms with Crippen LogP contribution in [0.4, 0.5) is 5.69 Å². The summed E-state index contributed by atoms with van der Waals surface area (Å²) in [7, 11) is -3.56. The van der Waals surface area contributed by atoms with Crippen LogP contribution in [0.3, 0.4) is 0 Å². The summed E-state index contributed by atoms with van der Waals surface area (Å²) in [5.74, 6) is -0.306. The van der Waals surface area contributed by atoms with Crippen molar-refractivity contribution in [2.24, 2.45) is 0 Å². The van der Waals surface area contributed by atoms with Crippen LogP contribution in [0.5, 0.6) is 0 Å². The van der Waals surface area contributed by atoms with Crippen molar-refractivity contribution in [2.75, 3.05) is 18.4 Å². The molecule has 1 aromatic heterocycles. The van der Waals surface area contributed by atoms with Gasteiger partial charge in [-0.2, -0.15) is 4.31 Å². The number of amides is 1. The van der Waals surface area contributed by atoms with E-state index in [4.69, 9.17) is 0 Å². The Labute approximate surface area is 179 Å². The first-order valence-electron chi connectivity index (χ1n) is 9.76. The minimum absolute atomic E-state index is 0.134. The number of rotatable bonds is 5. The molecule has 158 valence electrons. The largest absolute Gasteiger partial charge is 0.324 e. The lowest BCUT2D eigenvalue weighted by Gasteiger charge is -2.15. The van der Waals surface area contributed by atoms with Crippen LogP contribution in [0, 0.1) is 13.8 Å². The molecule has 1 saturated heterocycles. The van der Waals surface area contributed by atoms with E-state index < -0.39 is 10.0 Å². The summed E-state index contributed by atoms with van der Waals surface area (Å²) < 4.78 is 29.0. The maximum absolute atomic E-state index is 12.8. The average Bonchev–Trinajstić information content (AvgIpc) is 3.33. The number of nitrogens with zero attached hydrogens (tertiary/aromatic N) is 2. The van der Waals surface area contributed by atoms with Gasteiger partial charge in [0, 0.05) is 18.8 Å². The van der Waals surface area contributed by atoms with Crippen LogP contribution < -0.4 is 10.2 Å². The number of sulfonamides is 1. The lowest BCUT2D eigenvalue weighted by molar-refractivity contribution is -0.116. The Morgan fingerprint density at radius 2 is 1.83 bits per heavy atom. The molecule has 4 rings (SSSR count). The van der Waals surface area contributed by atoms with E-state index in [0.29, 0.717) is 29.0 Å². The summed E-state index contributed by atoms with van der Waals surface area (Å²) in [5.41, 5.74) is 3.24. The molecule has 3 aromatic rings. The van der Waals surface area contributed by atoms with Gasteiger partial charge in [0.2, 0.25) is 15.9 Å². The number of thiazole rings is 1. The maximum Gasteiger partial charge on any atom is 0.308 e. The average molecular weight is 446 g/mol. The van der Waals surface area contributed by atoms with Crippen molar-refractivity contribution in [1.29, 1.82) is 0 Å². The number of benzene rings is 2. The van der Waals surface area contributed by atoms with Gasteiger partial charge in [-0.15, -0.1) is 0 Å². The third kappa shape index (κ3) is 3.92. The number of carbonyl (C=O) groups is 1. The van der Waals surface area contributed by atoms with Gasteiger partial charge in [-0.25, -0.2) is 8.42 Å². The van der Waals surface area contributed by atoms with E-state index in [-0.39, 0.29) is 22.2 Å². The number of aryl methyl sites for hydroxylation is 2. The van der Waals surface area contributed by atoms with Gasteiger partial charge in [-0.3, -0.25) is 14.2 Å². The second kappa shape index (κ2) is 7.98. The highest BCUT2D eigenvalue weighted by Gasteiger charge is 2.27. The molecule has 2 aromatic carbocycles. The normalized spacial score (nSPS) is 15.0. The van der Waals surface area contributed by atoms with Crippen molar-refractivity contribution >= 4 is 43.2 Å². The minimum atomic E-state index is -3.56. The van der Waals surface area contributed by atoms with Gasteiger partial charge < -0.3 is 5.32 Å². The molecule has 1 aliphatic rings. The summed E-state index contributed by atoms with van der Waals surface area (Å²) in [4.78, 5) is 25.0. The number of nitrogens with one attached hydrogen (secondary N) is 1. The standard InChI is InChI=1S/C21H23N3O4S2/c1-14-5-6-15(2)17(11-14)22-20(25)13-24-18-8-7-16(12-19(18)29-21(24)26)30(27,28)23-9-3-4-10-23/h5-8,11-12H,3-4,9-10,13H2,1-2H3,(H,22,25). The Balaban J connectivity index is 1.61. The molecule has 0 unspecified atom stereocenters. The van der Waals surface area contributed by atoms with E-state index in [9.17, 15) is 18.0 Å². The fourth-order valence-electron chi connectivity index (χ4n) is 3.64. The fraction of sp³-hybridized carbons (Fsp3) is 0.333. The summed E-state index contributed by atoms with van der Waals surface area (Å²) in [6, 6.07) is 10.4. The second-order valence-corrected chi connectivity index (χ2v) is 10.5. The zero-order chi connectivity index (χ0) is 21.5. The molecule has 0 radical (unpaired) electrons. The molecule has 0 spiro atoms. The molecule has 1 fully saturated rings. The van der Waals surface area contributed by atoms with Crippen LogP contribution in [-0.4, -0.2) is 36.3 Å². The van der Waals surface area contributed by atoms with Crippen molar-refractivity contribution in [3.8, 4) is 0 Å². The lowest BCUT2D eigenvalue weighted by Crippen LogP contribution is -2.27. The zero-order valence-electron chi connectivity index (χ0n) is 16.8. The van der Waals surface area contributed by atoms with Crippen molar-refractivity contribution in [1.82, 2.24) is 8.87 Å². The maximum atomic E-state index is 12.8. The molecule has 1 aliphatic heterocycles. The van der Waals surface area contributed by atoms with Gasteiger partial charge in [-0.05, 0) is 62.1 Å². The zero-order valence-corrected chi connectivity index (χ0v) is 18.5. The highest BCUT2D eigenvalue weighted by atomic mass is 32.2. The van der Waals surface area contributed by atoms with Gasteiger partial charge in [0.15, 0.2) is 0 Å². The van der Waals surface area contributed by atoms with E-state index in [1.165, 1.54) is 21.0 Å². The van der Waals surface area contributed by atoms with E-state index in [2.05, 4.69) is 5.32 Å². The van der Waals surface area contributed by atoms with E-state index in [0.717, 1.165) is 35.3 Å². The number of carbonyl (C=O) groups excluding carboxylic acids is 1. The van der Waals surface area contributed by atoms with Gasteiger partial charge in [-0.1, -0.05) is 23.5 Å². The number of anilines is 1. The quantitative estimate of drug-likeness (QED) is 0.654. The van der Waals surface area contributed by atoms with Gasteiger partial charge in [0.1, 0.15) is 6.54 Å². The first-order valence-corrected chi connectivity index (χ1v) is 12.0. The first kappa shape index (κ1) is 20.8. The number of hydrogen-bond acceptors (Lipinski definition) is 5. The third-order valence-electron chi connectivity index (χ3n) is 5.31. The number of fused-ring (bicyclic) bond motifs is 1. The Hall–Kier alpha value is -2.49. The van der Waals surface area contributed by atoms with Crippen molar-refractivity contribution in [3.05, 3.63) is 57.2 Å². The summed E-state index contributed by atoms with van der Waals surface area (Å²) in [6.07, 6.45) is 1.72. The molecule has 0 aliphatic carbocycles. The summed E-state index contributed by atoms with van der Waals surface area (Å²) >= 11 is 0.950. The van der Waals surface area contributed by atoms with Crippen LogP contribution in [0.2, 0.25) is 0 Å². The SMILES string of the molecule is Cc1ccc(C)c(NC(=O)Cn2c(=O)sc3cc(S(=O)(=O)N4CCCC4)ccc32)c1. The Bertz CT molecular complexity index is 1290. The van der Waals surface area contributed by atoms with Gasteiger partial charge in [0.05, 0.1) is 15.1 Å². The molecular weight excluding hydrogens is 422 g/mol. The van der Waals surface area contributed by atoms with Gasteiger partial charge >= 0.3 is 4.87 Å². The Morgan fingerprint density at radius 3 is 2.57 bits per heavy atom. The van der Waals surface area contributed by atoms with Crippen molar-refractivity contribution in [3.63, 3.8) is 0 Å². The molecule has 0 saturated carbocycles. The molecule has 1 N–H and O–H groups in total. The monoisotopic (exact) mass is 445 g/mol. The van der Waals surface area contributed by atoms with Crippen LogP contribution in [-0.2, 0) is 21.4 Å². The molecule has 0 atom stereocenters. The predicted octanol–water partition coefficient (Wildman–Crippen LogP) is 3.10. The van der Waals surface area contributed by atoms with Crippen molar-refractivity contribution < 1.29 is 13.2 Å². The van der Waals surface area contributed by atoms with E-state index >= 15 is 0 Å². The van der Waals surface area contributed by atoms with E-state index in [1.807, 2.05) is 32.0 Å². The molecule has 2 heterocycles. The number of aromatic nitrogens is 1. The molecule has 1 amide bonds. The molecule has 9 heteroatoms. The fourth-order valence-corrected chi connectivity index (χ4v) is 6.19. The van der Waals surface area contributed by atoms with Crippen LogP contribution in [0.25, 0.3) is 10.2 Å². The second-order valence-electron chi connectivity index (χ2n) is 7.56. The first-order chi connectivity index (χ1) is 14.3. The smallest absolute Gasteiger partial charge is 0.308 e. The minimum Gasteiger partial charge on any atom is -0.324 e. The molecular formula is C21H23N3O4S2. The Morgan fingerprint density at radius 1 is 1.10 bits per heavy atom. The highest BCUT2D eigenvalue weighted by molar-refractivity contribution is 7.89. The summed E-state index contributed by atoms with van der Waals surface area (Å²) in [6.45, 7) is 4.76. The summed E-state index contributed by atoms with van der Waals surface area (Å²) in [5, 5.41) is 2.86. The van der Waals surface area contributed by atoms with Crippen molar-refractivity contribution in [2.45, 2.75) is 38.1 Å². The number of hydrogen-bond donors (Lipinski definition) is 1. The lowest BCUT2D eigenvalue weighted by atomic mass is 10.1. The molecule has 30 heavy (non-hydrogen) atoms. The van der Waals surface area contributed by atoms with Crippen LogP contribution in [0.15, 0.2) is 46.1 Å². The molecule has 0 bridgehead atoms. The van der Waals surface area contributed by atoms with Crippen LogP contribution >= 0.6 is 11.3 Å². The highest BCUT2D eigenvalue weighted by Crippen LogP contribution is 2.26. The molecule has 7 nitrogen and oxygen atoms in total. The Kier molecular flexibility index (Phi) is 5.52. The third-order valence-corrected chi connectivity index (χ3v) is 8.15. The van der Waals surface area contributed by atoms with Crippen LogP contribution in [0.1, 0.15) is 24.0 Å². The topological polar surface area (TPSA) is 88.5 Å². The van der Waals surface area contributed by atoms with Gasteiger partial charge in [0.25, 0.3) is 0 Å². The van der Waals surface area contributed by atoms with E-state index in [1.54, 1.807) is 6.07 Å².